The fourth-order valence-corrected chi connectivity index (χ4v) is 3.75. The normalized spacial score (nSPS) is 11.3. The molecular formula is C22H21NO3S. The molecular weight excluding hydrogens is 358 g/mol. The second kappa shape index (κ2) is 8.18. The SMILES string of the molecule is CS(=O)(=O)Cc1cccc(C(=O)NC(c2ccccc2)c2ccccc2)c1. The number of carbonyl (C=O) groups excluding carboxylic acids is 1. The summed E-state index contributed by atoms with van der Waals surface area (Å²) in [6.45, 7) is 0. The monoisotopic (exact) mass is 379 g/mol. The molecule has 0 atom stereocenters. The van der Waals surface area contributed by atoms with Crippen molar-refractivity contribution in [3.05, 3.63) is 107 Å². The molecule has 1 N–H and O–H groups in total. The van der Waals surface area contributed by atoms with Gasteiger partial charge in [0.2, 0.25) is 0 Å². The average molecular weight is 379 g/mol. The van der Waals surface area contributed by atoms with E-state index < -0.39 is 9.84 Å². The minimum atomic E-state index is -3.16. The van der Waals surface area contributed by atoms with Gasteiger partial charge in [0.15, 0.2) is 9.84 Å². The van der Waals surface area contributed by atoms with Crippen molar-refractivity contribution in [2.45, 2.75) is 11.8 Å². The first-order valence-electron chi connectivity index (χ1n) is 8.60. The van der Waals surface area contributed by atoms with Crippen molar-refractivity contribution in [3.63, 3.8) is 0 Å². The zero-order chi connectivity index (χ0) is 19.3. The minimum Gasteiger partial charge on any atom is -0.341 e. The summed E-state index contributed by atoms with van der Waals surface area (Å²) in [5.41, 5.74) is 2.99. The Kier molecular flexibility index (Phi) is 5.72. The van der Waals surface area contributed by atoms with Crippen LogP contribution in [0.5, 0.6) is 0 Å². The Morgan fingerprint density at radius 3 is 1.93 bits per heavy atom. The van der Waals surface area contributed by atoms with Gasteiger partial charge in [-0.1, -0.05) is 72.8 Å². The Morgan fingerprint density at radius 1 is 0.852 bits per heavy atom. The minimum absolute atomic E-state index is 0.0884. The van der Waals surface area contributed by atoms with E-state index in [-0.39, 0.29) is 17.7 Å². The summed E-state index contributed by atoms with van der Waals surface area (Å²) in [5, 5.41) is 3.07. The summed E-state index contributed by atoms with van der Waals surface area (Å²) in [5.74, 6) is -0.336. The first kappa shape index (κ1) is 18.9. The molecule has 0 saturated carbocycles. The predicted molar refractivity (Wildman–Crippen MR) is 107 cm³/mol. The van der Waals surface area contributed by atoms with Gasteiger partial charge in [0.05, 0.1) is 11.8 Å². The van der Waals surface area contributed by atoms with Crippen LogP contribution in [0.3, 0.4) is 0 Å². The van der Waals surface area contributed by atoms with Gasteiger partial charge in [-0.2, -0.15) is 0 Å². The average Bonchev–Trinajstić information content (AvgIpc) is 2.66. The number of benzene rings is 3. The topological polar surface area (TPSA) is 63.2 Å². The zero-order valence-corrected chi connectivity index (χ0v) is 15.8. The van der Waals surface area contributed by atoms with Gasteiger partial charge in [-0.05, 0) is 28.8 Å². The summed E-state index contributed by atoms with van der Waals surface area (Å²) in [6.07, 6.45) is 1.18. The lowest BCUT2D eigenvalue weighted by atomic mass is 9.98. The number of hydrogen-bond donors (Lipinski definition) is 1. The van der Waals surface area contributed by atoms with Gasteiger partial charge < -0.3 is 5.32 Å². The molecule has 0 bridgehead atoms. The first-order valence-corrected chi connectivity index (χ1v) is 10.7. The van der Waals surface area contributed by atoms with Gasteiger partial charge in [-0.25, -0.2) is 8.42 Å². The summed E-state index contributed by atoms with van der Waals surface area (Å²) in [6, 6.07) is 25.9. The van der Waals surface area contributed by atoms with Crippen molar-refractivity contribution < 1.29 is 13.2 Å². The lowest BCUT2D eigenvalue weighted by Crippen LogP contribution is -2.29. The van der Waals surface area contributed by atoms with Gasteiger partial charge >= 0.3 is 0 Å². The number of carbonyl (C=O) groups is 1. The van der Waals surface area contributed by atoms with Crippen LogP contribution in [0.15, 0.2) is 84.9 Å². The van der Waals surface area contributed by atoms with Gasteiger partial charge in [-0.3, -0.25) is 4.79 Å². The summed E-state index contributed by atoms with van der Waals surface area (Å²) < 4.78 is 23.1. The molecule has 1 amide bonds. The van der Waals surface area contributed by atoms with E-state index in [0.29, 0.717) is 11.1 Å². The fraction of sp³-hybridized carbons (Fsp3) is 0.136. The van der Waals surface area contributed by atoms with E-state index in [1.807, 2.05) is 60.7 Å². The van der Waals surface area contributed by atoms with Crippen molar-refractivity contribution in [3.8, 4) is 0 Å². The summed E-state index contributed by atoms with van der Waals surface area (Å²) in [4.78, 5) is 12.9. The molecule has 0 radical (unpaired) electrons. The Balaban J connectivity index is 1.88. The second-order valence-electron chi connectivity index (χ2n) is 6.50. The number of sulfone groups is 1. The maximum atomic E-state index is 12.9. The highest BCUT2D eigenvalue weighted by Crippen LogP contribution is 2.22. The maximum absolute atomic E-state index is 12.9. The van der Waals surface area contributed by atoms with E-state index in [1.54, 1.807) is 24.3 Å². The summed E-state index contributed by atoms with van der Waals surface area (Å²) >= 11 is 0. The van der Waals surface area contributed by atoms with Crippen molar-refractivity contribution >= 4 is 15.7 Å². The molecule has 3 aromatic carbocycles. The van der Waals surface area contributed by atoms with Crippen LogP contribution in [0.2, 0.25) is 0 Å². The lowest BCUT2D eigenvalue weighted by Gasteiger charge is -2.20. The van der Waals surface area contributed by atoms with Crippen LogP contribution in [0.1, 0.15) is 33.1 Å². The smallest absolute Gasteiger partial charge is 0.252 e. The van der Waals surface area contributed by atoms with Crippen LogP contribution in [-0.4, -0.2) is 20.6 Å². The highest BCUT2D eigenvalue weighted by Gasteiger charge is 2.18. The molecule has 0 aromatic heterocycles. The Hall–Kier alpha value is -2.92. The third kappa shape index (κ3) is 5.28. The van der Waals surface area contributed by atoms with Gasteiger partial charge in [0.25, 0.3) is 5.91 Å². The van der Waals surface area contributed by atoms with Gasteiger partial charge in [0.1, 0.15) is 0 Å². The third-order valence-electron chi connectivity index (χ3n) is 4.16. The third-order valence-corrected chi connectivity index (χ3v) is 5.02. The molecule has 5 heteroatoms. The molecule has 4 nitrogen and oxygen atoms in total. The van der Waals surface area contributed by atoms with E-state index in [2.05, 4.69) is 5.32 Å². The lowest BCUT2D eigenvalue weighted by molar-refractivity contribution is 0.0943. The van der Waals surface area contributed by atoms with E-state index in [4.69, 9.17) is 0 Å². The van der Waals surface area contributed by atoms with Crippen molar-refractivity contribution in [1.82, 2.24) is 5.32 Å². The zero-order valence-electron chi connectivity index (χ0n) is 15.0. The molecule has 0 saturated heterocycles. The van der Waals surface area contributed by atoms with E-state index in [0.717, 1.165) is 11.1 Å². The van der Waals surface area contributed by atoms with Crippen LogP contribution < -0.4 is 5.32 Å². The number of nitrogens with one attached hydrogen (secondary N) is 1. The molecule has 0 heterocycles. The first-order chi connectivity index (χ1) is 12.9. The van der Waals surface area contributed by atoms with Crippen molar-refractivity contribution in [1.29, 1.82) is 0 Å². The Morgan fingerprint density at radius 2 is 1.41 bits per heavy atom. The summed E-state index contributed by atoms with van der Waals surface area (Å²) in [7, 11) is -3.16. The van der Waals surface area contributed by atoms with Crippen LogP contribution >= 0.6 is 0 Å². The molecule has 0 aliphatic carbocycles. The molecule has 0 fully saturated rings. The van der Waals surface area contributed by atoms with E-state index in [9.17, 15) is 13.2 Å². The van der Waals surface area contributed by atoms with Crippen LogP contribution in [-0.2, 0) is 15.6 Å². The largest absolute Gasteiger partial charge is 0.341 e. The maximum Gasteiger partial charge on any atom is 0.252 e. The van der Waals surface area contributed by atoms with E-state index in [1.165, 1.54) is 6.26 Å². The van der Waals surface area contributed by atoms with Crippen LogP contribution in [0.25, 0.3) is 0 Å². The Bertz CT molecular complexity index is 976. The molecule has 0 unspecified atom stereocenters. The number of rotatable bonds is 6. The van der Waals surface area contributed by atoms with Crippen LogP contribution in [0, 0.1) is 0 Å². The highest BCUT2D eigenvalue weighted by molar-refractivity contribution is 7.89. The quantitative estimate of drug-likeness (QED) is 0.709. The highest BCUT2D eigenvalue weighted by atomic mass is 32.2. The molecule has 0 spiro atoms. The predicted octanol–water partition coefficient (Wildman–Crippen LogP) is 3.75. The number of hydrogen-bond acceptors (Lipinski definition) is 3. The molecule has 138 valence electrons. The molecule has 3 rings (SSSR count). The number of amides is 1. The van der Waals surface area contributed by atoms with Crippen LogP contribution in [0.4, 0.5) is 0 Å². The van der Waals surface area contributed by atoms with Gasteiger partial charge in [0, 0.05) is 11.8 Å². The standard InChI is InChI=1S/C22H21NO3S/c1-27(25,26)16-17-9-8-14-20(15-17)22(24)23-21(18-10-4-2-5-11-18)19-12-6-3-7-13-19/h2-15,21H,16H2,1H3,(H,23,24). The Labute approximate surface area is 159 Å². The van der Waals surface area contributed by atoms with Crippen molar-refractivity contribution in [2.24, 2.45) is 0 Å². The van der Waals surface area contributed by atoms with Crippen molar-refractivity contribution in [2.75, 3.05) is 6.26 Å². The fourth-order valence-electron chi connectivity index (χ4n) is 2.97. The van der Waals surface area contributed by atoms with Gasteiger partial charge in [-0.15, -0.1) is 0 Å². The molecule has 0 aliphatic rings. The molecule has 27 heavy (non-hydrogen) atoms. The molecule has 3 aromatic rings. The molecule has 0 aliphatic heterocycles. The van der Waals surface area contributed by atoms with E-state index >= 15 is 0 Å². The second-order valence-corrected chi connectivity index (χ2v) is 8.64.